The second kappa shape index (κ2) is 44.8. The van der Waals surface area contributed by atoms with E-state index in [9.17, 15) is 57.0 Å². The molecule has 412 valence electrons. The molecule has 23 nitrogen and oxygen atoms in total. The lowest BCUT2D eigenvalue weighted by Crippen LogP contribution is -2.44. The topological polar surface area (TPSA) is 340 Å². The Hall–Kier alpha value is -3.90. The number of amides is 5. The number of carboxylic acids is 2. The Morgan fingerprint density at radius 1 is 0.465 bits per heavy atom. The van der Waals surface area contributed by atoms with Gasteiger partial charge in [-0.05, 0) is 51.5 Å². The largest absolute Gasteiger partial charge is 0.480 e. The number of carboxylic acid groups (broad SMARTS) is 2. The van der Waals surface area contributed by atoms with Crippen molar-refractivity contribution in [3.05, 3.63) is 0 Å². The molecule has 0 heterocycles. The van der Waals surface area contributed by atoms with Gasteiger partial charge < -0.3 is 61.1 Å². The van der Waals surface area contributed by atoms with Crippen LogP contribution in [0.25, 0.3) is 0 Å². The van der Waals surface area contributed by atoms with Crippen LogP contribution < -0.4 is 31.9 Å². The summed E-state index contributed by atoms with van der Waals surface area (Å²) in [7, 11) is -1.67. The van der Waals surface area contributed by atoms with E-state index in [1.807, 2.05) is 6.92 Å². The van der Waals surface area contributed by atoms with Crippen molar-refractivity contribution in [2.45, 2.75) is 160 Å². The summed E-state index contributed by atoms with van der Waals surface area (Å²) in [6.07, 6.45) is 13.5. The normalized spacial score (nSPS) is 12.6. The van der Waals surface area contributed by atoms with Crippen molar-refractivity contribution in [2.75, 3.05) is 84.8 Å². The van der Waals surface area contributed by atoms with Crippen LogP contribution in [-0.2, 0) is 67.4 Å². The number of aliphatic carboxylic acids is 2. The van der Waals surface area contributed by atoms with E-state index >= 15 is 0 Å². The first-order chi connectivity index (χ1) is 33.9. The highest BCUT2D eigenvalue weighted by Crippen LogP contribution is 2.14. The molecular weight excluding hydrogens is 972 g/mol. The van der Waals surface area contributed by atoms with E-state index in [0.717, 1.165) is 83.5 Å². The van der Waals surface area contributed by atoms with Crippen LogP contribution in [0.15, 0.2) is 0 Å². The van der Waals surface area contributed by atoms with Crippen molar-refractivity contribution in [3.63, 3.8) is 0 Å². The summed E-state index contributed by atoms with van der Waals surface area (Å²) in [5, 5.41) is 35.0. The highest BCUT2D eigenvalue weighted by atomic mass is 32.2. The number of ether oxygens (including phenoxy) is 4. The molecule has 0 bridgehead atoms. The molecule has 0 aromatic carbocycles. The molecule has 9 N–H and O–H groups in total. The molecule has 71 heavy (non-hydrogen) atoms. The number of rotatable bonds is 50. The molecule has 1 unspecified atom stereocenters. The minimum atomic E-state index is -3.87. The molecule has 0 saturated heterocycles. The molecular formula is C46H85N6O17PS. The standard InChI is InChI=1S/C46H85N6O17PS/c1-2-47-38(46(62)70)18-15-16-24-48-42(56)34-68-31-30-67-28-26-50-43(57)35-69-32-29-66-27-25-49-39(53)22-20-36(44(58)59)52-41(55)23-21-37(45(60)61)51-40(54)19-14-12-10-8-6-4-3-5-7-9-11-13-17-33-71(63,64)65/h36-38,47H,2-35,70H2,1H3,(H,48,56)(H,49,53)(H,50,57)(H,51,54)(H,52,55)(H,58,59)(H,60,61)(H,63,64,65)/t36-,37-,38-/m0/s1. The van der Waals surface area contributed by atoms with Gasteiger partial charge in [-0.15, -0.1) is 0 Å². The van der Waals surface area contributed by atoms with Crippen LogP contribution in [0.5, 0.6) is 0 Å². The van der Waals surface area contributed by atoms with Crippen LogP contribution in [0.2, 0.25) is 0 Å². The molecule has 0 fully saturated rings. The maximum Gasteiger partial charge on any atom is 0.326 e. The van der Waals surface area contributed by atoms with Crippen LogP contribution in [0, 0.1) is 0 Å². The van der Waals surface area contributed by atoms with Gasteiger partial charge in [-0.25, -0.2) is 9.59 Å². The molecule has 25 heteroatoms. The van der Waals surface area contributed by atoms with E-state index in [4.69, 9.17) is 23.5 Å². The number of hydrogen-bond donors (Lipinski definition) is 9. The van der Waals surface area contributed by atoms with Crippen LogP contribution in [0.1, 0.15) is 142 Å². The Balaban J connectivity index is 3.93. The second-order valence-corrected chi connectivity index (χ2v) is 19.2. The third kappa shape index (κ3) is 44.5. The maximum atomic E-state index is 12.5. The summed E-state index contributed by atoms with van der Waals surface area (Å²) in [6.45, 7) is 4.24. The lowest BCUT2D eigenvalue weighted by molar-refractivity contribution is -0.143. The Kier molecular flexibility index (Phi) is 42.3. The first kappa shape index (κ1) is 67.1. The third-order valence-corrected chi connectivity index (χ3v) is 12.0. The van der Waals surface area contributed by atoms with E-state index < -0.39 is 51.9 Å². The molecule has 0 aliphatic rings. The Labute approximate surface area is 422 Å². The highest BCUT2D eigenvalue weighted by molar-refractivity contribution is 7.85. The molecule has 0 saturated carbocycles. The van der Waals surface area contributed by atoms with Gasteiger partial charge in [-0.3, -0.25) is 33.3 Å². The summed E-state index contributed by atoms with van der Waals surface area (Å²) in [5.41, 5.74) is 0.0230. The van der Waals surface area contributed by atoms with Gasteiger partial charge in [-0.1, -0.05) is 86.8 Å². The molecule has 0 aromatic heterocycles. The molecule has 0 radical (unpaired) electrons. The van der Waals surface area contributed by atoms with E-state index in [1.165, 1.54) is 0 Å². The molecule has 0 rings (SSSR count). The van der Waals surface area contributed by atoms with Crippen molar-refractivity contribution in [2.24, 2.45) is 0 Å². The van der Waals surface area contributed by atoms with Gasteiger partial charge in [0.15, 0.2) is 5.52 Å². The summed E-state index contributed by atoms with van der Waals surface area (Å²) in [6, 6.07) is -2.92. The molecule has 0 spiro atoms. The number of hydrogen-bond acceptors (Lipinski definition) is 15. The molecule has 4 atom stereocenters. The fourth-order valence-electron chi connectivity index (χ4n) is 6.89. The van der Waals surface area contributed by atoms with Crippen molar-refractivity contribution < 1.29 is 80.5 Å². The van der Waals surface area contributed by atoms with E-state index in [1.54, 1.807) is 0 Å². The van der Waals surface area contributed by atoms with E-state index in [2.05, 4.69) is 41.1 Å². The number of carbonyl (C=O) groups is 8. The fourth-order valence-corrected chi connectivity index (χ4v) is 7.74. The smallest absolute Gasteiger partial charge is 0.326 e. The van der Waals surface area contributed by atoms with Crippen molar-refractivity contribution in [3.8, 4) is 0 Å². The predicted octanol–water partition coefficient (Wildman–Crippen LogP) is 2.00. The fraction of sp³-hybridized carbons (Fsp3) is 0.826. The average Bonchev–Trinajstić information content (AvgIpc) is 3.30. The Morgan fingerprint density at radius 3 is 1.32 bits per heavy atom. The Bertz CT molecular complexity index is 1630. The summed E-state index contributed by atoms with van der Waals surface area (Å²) >= 11 is 0. The molecule has 0 aliphatic heterocycles. The number of nitrogens with one attached hydrogen (secondary N) is 6. The number of carbonyl (C=O) groups excluding carboxylic acids is 6. The molecule has 5 amide bonds. The lowest BCUT2D eigenvalue weighted by Gasteiger charge is -2.17. The van der Waals surface area contributed by atoms with Gasteiger partial charge in [0.05, 0.1) is 51.4 Å². The average molecular weight is 1060 g/mol. The SMILES string of the molecule is CCN[C@@H](CCCCNC(=O)COCCOCCNC(=O)COCCOCCNC(=O)CC[C@H](NC(=O)CC[C@H](NC(=O)CCCCCCCCCCCCCCCS(=O)(=O)O)C(=O)O)C(=O)O)C(=O)P. The zero-order valence-electron chi connectivity index (χ0n) is 41.8. The summed E-state index contributed by atoms with van der Waals surface area (Å²) < 4.78 is 51.5. The zero-order valence-corrected chi connectivity index (χ0v) is 43.8. The van der Waals surface area contributed by atoms with Crippen molar-refractivity contribution in [1.29, 1.82) is 0 Å². The van der Waals surface area contributed by atoms with E-state index in [-0.39, 0.29) is 127 Å². The summed E-state index contributed by atoms with van der Waals surface area (Å²) in [5.74, 6) is -5.14. The van der Waals surface area contributed by atoms with Gasteiger partial charge in [0.25, 0.3) is 10.1 Å². The van der Waals surface area contributed by atoms with Crippen LogP contribution in [-0.4, -0.2) is 173 Å². The number of likely N-dealkylation sites (N-methyl/N-ethyl adjacent to an activating group) is 1. The first-order valence-electron chi connectivity index (χ1n) is 25.1. The minimum Gasteiger partial charge on any atom is -0.480 e. The van der Waals surface area contributed by atoms with Gasteiger partial charge in [0.1, 0.15) is 25.3 Å². The van der Waals surface area contributed by atoms with Gasteiger partial charge in [-0.2, -0.15) is 8.42 Å². The second-order valence-electron chi connectivity index (χ2n) is 17.0. The highest BCUT2D eigenvalue weighted by Gasteiger charge is 2.24. The third-order valence-electron chi connectivity index (χ3n) is 10.8. The minimum absolute atomic E-state index is 0.0230. The Morgan fingerprint density at radius 2 is 0.873 bits per heavy atom. The quantitative estimate of drug-likeness (QED) is 0.0239. The maximum absolute atomic E-state index is 12.5. The number of unbranched alkanes of at least 4 members (excludes halogenated alkanes) is 13. The van der Waals surface area contributed by atoms with Gasteiger partial charge in [0.2, 0.25) is 29.5 Å². The molecule has 0 aromatic rings. The van der Waals surface area contributed by atoms with Crippen LogP contribution >= 0.6 is 9.24 Å². The lowest BCUT2D eigenvalue weighted by atomic mass is 10.0. The van der Waals surface area contributed by atoms with Crippen LogP contribution in [0.3, 0.4) is 0 Å². The predicted molar refractivity (Wildman–Crippen MR) is 267 cm³/mol. The zero-order chi connectivity index (χ0) is 53.0. The van der Waals surface area contributed by atoms with Crippen molar-refractivity contribution >= 4 is 66.4 Å². The van der Waals surface area contributed by atoms with Gasteiger partial charge in [0, 0.05) is 38.9 Å². The van der Waals surface area contributed by atoms with Gasteiger partial charge >= 0.3 is 11.9 Å². The monoisotopic (exact) mass is 1060 g/mol. The van der Waals surface area contributed by atoms with E-state index in [0.29, 0.717) is 32.4 Å². The summed E-state index contributed by atoms with van der Waals surface area (Å²) in [4.78, 5) is 96.1. The molecule has 0 aliphatic carbocycles. The van der Waals surface area contributed by atoms with Crippen LogP contribution in [0.4, 0.5) is 0 Å². The first-order valence-corrected chi connectivity index (χ1v) is 27.3. The van der Waals surface area contributed by atoms with Crippen molar-refractivity contribution in [1.82, 2.24) is 31.9 Å².